The molecule has 0 saturated heterocycles. The van der Waals surface area contributed by atoms with Crippen molar-refractivity contribution in [2.24, 2.45) is 0 Å². The first-order valence-corrected chi connectivity index (χ1v) is 9.34. The number of hydrogen-bond acceptors (Lipinski definition) is 4. The van der Waals surface area contributed by atoms with Gasteiger partial charge in [0.1, 0.15) is 0 Å². The van der Waals surface area contributed by atoms with Crippen LogP contribution in [0.25, 0.3) is 0 Å². The Morgan fingerprint density at radius 2 is 1.89 bits per heavy atom. The second-order valence-electron chi connectivity index (χ2n) is 4.43. The van der Waals surface area contributed by atoms with Crippen LogP contribution in [0.3, 0.4) is 0 Å². The summed E-state index contributed by atoms with van der Waals surface area (Å²) < 4.78 is 0. The first-order valence-electron chi connectivity index (χ1n) is 7.02. The molecule has 0 unspecified atom stereocenters. The summed E-state index contributed by atoms with van der Waals surface area (Å²) in [5.41, 5.74) is 1.43. The van der Waals surface area contributed by atoms with E-state index >= 15 is 0 Å². The molecule has 0 bridgehead atoms. The van der Waals surface area contributed by atoms with Gasteiger partial charge in [0.05, 0.1) is 6.61 Å². The summed E-state index contributed by atoms with van der Waals surface area (Å²) in [4.78, 5) is 3.72. The molecule has 1 aromatic rings. The predicted octanol–water partition coefficient (Wildman–Crippen LogP) is 3.69. The quantitative estimate of drug-likeness (QED) is 0.526. The van der Waals surface area contributed by atoms with Crippen molar-refractivity contribution in [3.63, 3.8) is 0 Å². The molecule has 1 N–H and O–H groups in total. The van der Waals surface area contributed by atoms with E-state index in [1.807, 2.05) is 21.6 Å². The Bertz CT molecular complexity index is 341. The summed E-state index contributed by atoms with van der Waals surface area (Å²) in [6.07, 6.45) is 2.24. The molecule has 0 heterocycles. The maximum atomic E-state index is 9.01. The first-order chi connectivity index (χ1) is 9.31. The third-order valence-electron chi connectivity index (χ3n) is 2.95. The zero-order valence-corrected chi connectivity index (χ0v) is 13.6. The lowest BCUT2D eigenvalue weighted by molar-refractivity contribution is 0.203. The van der Waals surface area contributed by atoms with Crippen molar-refractivity contribution in [2.45, 2.75) is 31.6 Å². The monoisotopic (exact) mass is 299 g/mol. The van der Waals surface area contributed by atoms with Gasteiger partial charge in [0.25, 0.3) is 0 Å². The van der Waals surface area contributed by atoms with Crippen LogP contribution in [0.1, 0.15) is 25.8 Å². The fraction of sp³-hybridized carbons (Fsp3) is 0.600. The van der Waals surface area contributed by atoms with E-state index in [0.29, 0.717) is 0 Å². The van der Waals surface area contributed by atoms with Gasteiger partial charge in [-0.2, -0.15) is 0 Å². The smallest absolute Gasteiger partial charge is 0.0558 e. The van der Waals surface area contributed by atoms with Gasteiger partial charge in [0.15, 0.2) is 0 Å². The molecule has 0 atom stereocenters. The maximum Gasteiger partial charge on any atom is 0.0558 e. The van der Waals surface area contributed by atoms with Crippen molar-refractivity contribution in [2.75, 3.05) is 32.0 Å². The first kappa shape index (κ1) is 16.9. The van der Waals surface area contributed by atoms with Gasteiger partial charge in [-0.25, -0.2) is 0 Å². The molecule has 0 radical (unpaired) electrons. The van der Waals surface area contributed by atoms with Crippen LogP contribution in [0.2, 0.25) is 0 Å². The molecule has 1 rings (SSSR count). The lowest BCUT2D eigenvalue weighted by atomic mass is 10.2. The van der Waals surface area contributed by atoms with E-state index in [2.05, 4.69) is 43.0 Å². The van der Waals surface area contributed by atoms with E-state index in [1.54, 1.807) is 0 Å². The average Bonchev–Trinajstić information content (AvgIpc) is 2.44. The Balaban J connectivity index is 2.29. The van der Waals surface area contributed by atoms with Gasteiger partial charge in [-0.3, -0.25) is 0 Å². The van der Waals surface area contributed by atoms with Gasteiger partial charge in [0.2, 0.25) is 0 Å². The van der Waals surface area contributed by atoms with Crippen LogP contribution in [0.4, 0.5) is 0 Å². The average molecular weight is 300 g/mol. The minimum atomic E-state index is 0.260. The molecule has 1 aromatic carbocycles. The molecule has 0 aliphatic carbocycles. The molecule has 19 heavy (non-hydrogen) atoms. The molecule has 0 aliphatic rings. The summed E-state index contributed by atoms with van der Waals surface area (Å²) in [5, 5.41) is 9.01. The molecule has 0 aromatic heterocycles. The summed E-state index contributed by atoms with van der Waals surface area (Å²) in [5.74, 6) is 1.10. The summed E-state index contributed by atoms with van der Waals surface area (Å²) >= 11 is 0. The normalized spacial score (nSPS) is 11.2. The Labute approximate surface area is 125 Å². The molecule has 108 valence electrons. The lowest BCUT2D eigenvalue weighted by Crippen LogP contribution is -2.29. The fourth-order valence-electron chi connectivity index (χ4n) is 1.94. The molecule has 2 nitrogen and oxygen atoms in total. The number of aliphatic hydroxyl groups is 1. The lowest BCUT2D eigenvalue weighted by Gasteiger charge is -2.19. The molecule has 0 amide bonds. The predicted molar refractivity (Wildman–Crippen MR) is 88.0 cm³/mol. The van der Waals surface area contributed by atoms with Gasteiger partial charge in [0, 0.05) is 23.7 Å². The van der Waals surface area contributed by atoms with E-state index < -0.39 is 0 Å². The number of aryl methyl sites for hydroxylation is 1. The molecule has 0 fully saturated rings. The van der Waals surface area contributed by atoms with Crippen LogP contribution in [0, 0.1) is 0 Å². The second kappa shape index (κ2) is 10.6. The Morgan fingerprint density at radius 1 is 1.11 bits per heavy atom. The number of hydrogen-bond donors (Lipinski definition) is 1. The third-order valence-corrected chi connectivity index (χ3v) is 5.39. The number of aliphatic hydroxyl groups excluding tert-OH is 1. The summed E-state index contributed by atoms with van der Waals surface area (Å²) in [6, 6.07) is 8.63. The standard InChI is InChI=1S/C15H25NOS2/c1-3-9-16(10-12-17)11-13-18-19-15-8-6-5-7-14(15)4-2/h5-8,17H,3-4,9-13H2,1-2H3. The highest BCUT2D eigenvalue weighted by Crippen LogP contribution is 2.33. The minimum absolute atomic E-state index is 0.260. The molecular formula is C15H25NOS2. The van der Waals surface area contributed by atoms with E-state index in [0.717, 1.165) is 38.2 Å². The zero-order valence-electron chi connectivity index (χ0n) is 12.0. The number of rotatable bonds is 10. The molecule has 0 saturated carbocycles. The highest BCUT2D eigenvalue weighted by Gasteiger charge is 2.04. The Morgan fingerprint density at radius 3 is 2.58 bits per heavy atom. The largest absolute Gasteiger partial charge is 0.395 e. The van der Waals surface area contributed by atoms with Crippen molar-refractivity contribution in [3.05, 3.63) is 29.8 Å². The summed E-state index contributed by atoms with van der Waals surface area (Å²) in [7, 11) is 3.79. The SMILES string of the molecule is CCCN(CCO)CCSSc1ccccc1CC. The minimum Gasteiger partial charge on any atom is -0.395 e. The fourth-order valence-corrected chi connectivity index (χ4v) is 4.28. The van der Waals surface area contributed by atoms with Crippen molar-refractivity contribution < 1.29 is 5.11 Å². The van der Waals surface area contributed by atoms with Crippen LogP contribution in [0.5, 0.6) is 0 Å². The van der Waals surface area contributed by atoms with Crippen LogP contribution in [-0.2, 0) is 6.42 Å². The zero-order chi connectivity index (χ0) is 13.9. The van der Waals surface area contributed by atoms with Gasteiger partial charge >= 0.3 is 0 Å². The molecule has 0 spiro atoms. The van der Waals surface area contributed by atoms with E-state index in [1.165, 1.54) is 10.5 Å². The van der Waals surface area contributed by atoms with Crippen molar-refractivity contribution in [3.8, 4) is 0 Å². The number of nitrogens with zero attached hydrogens (tertiary/aromatic N) is 1. The van der Waals surface area contributed by atoms with E-state index in [4.69, 9.17) is 5.11 Å². The van der Waals surface area contributed by atoms with Crippen LogP contribution in [0.15, 0.2) is 29.2 Å². The Hall–Kier alpha value is -0.160. The van der Waals surface area contributed by atoms with Crippen molar-refractivity contribution in [1.82, 2.24) is 4.90 Å². The van der Waals surface area contributed by atoms with Crippen LogP contribution in [-0.4, -0.2) is 42.0 Å². The number of benzene rings is 1. The molecule has 0 aliphatic heterocycles. The van der Waals surface area contributed by atoms with Crippen LogP contribution < -0.4 is 0 Å². The van der Waals surface area contributed by atoms with Gasteiger partial charge in [-0.15, -0.1) is 0 Å². The Kier molecular flexibility index (Phi) is 9.43. The topological polar surface area (TPSA) is 23.5 Å². The van der Waals surface area contributed by atoms with Crippen molar-refractivity contribution in [1.29, 1.82) is 0 Å². The third kappa shape index (κ3) is 6.70. The van der Waals surface area contributed by atoms with Crippen molar-refractivity contribution >= 4 is 21.6 Å². The molecule has 4 heteroatoms. The highest BCUT2D eigenvalue weighted by atomic mass is 33.1. The van der Waals surface area contributed by atoms with Gasteiger partial charge in [-0.1, -0.05) is 53.6 Å². The van der Waals surface area contributed by atoms with Crippen LogP contribution >= 0.6 is 21.6 Å². The molecular weight excluding hydrogens is 274 g/mol. The highest BCUT2D eigenvalue weighted by molar-refractivity contribution is 8.76. The van der Waals surface area contributed by atoms with Gasteiger partial charge < -0.3 is 10.0 Å². The summed E-state index contributed by atoms with van der Waals surface area (Å²) in [6.45, 7) is 7.58. The second-order valence-corrected chi connectivity index (χ2v) is 6.89. The maximum absolute atomic E-state index is 9.01. The van der Waals surface area contributed by atoms with Gasteiger partial charge in [-0.05, 0) is 31.0 Å². The van der Waals surface area contributed by atoms with E-state index in [-0.39, 0.29) is 6.61 Å². The van der Waals surface area contributed by atoms with E-state index in [9.17, 15) is 0 Å².